The van der Waals surface area contributed by atoms with Crippen LogP contribution in [0.15, 0.2) is 0 Å². The van der Waals surface area contributed by atoms with E-state index in [9.17, 15) is 4.79 Å². The van der Waals surface area contributed by atoms with Crippen molar-refractivity contribution < 1.29 is 14.6 Å². The Bertz CT molecular complexity index is 107. The van der Waals surface area contributed by atoms with Crippen molar-refractivity contribution in [3.05, 3.63) is 0 Å². The molecule has 0 aliphatic heterocycles. The Hall–Kier alpha value is -0.650. The average Bonchev–Trinajstić information content (AvgIpc) is 1.82. The van der Waals surface area contributed by atoms with E-state index < -0.39 is 5.91 Å². The first kappa shape index (κ1) is 9.35. The summed E-state index contributed by atoms with van der Waals surface area (Å²) < 4.78 is 0. The highest BCUT2D eigenvalue weighted by molar-refractivity contribution is 5.74. The molecule has 0 spiro atoms. The van der Waals surface area contributed by atoms with Gasteiger partial charge >= 0.3 is 0 Å². The minimum Gasteiger partial charge on any atom is -0.370 e. The van der Waals surface area contributed by atoms with E-state index in [0.717, 1.165) is 0 Å². The van der Waals surface area contributed by atoms with Crippen LogP contribution in [-0.4, -0.2) is 25.7 Å². The summed E-state index contributed by atoms with van der Waals surface area (Å²) >= 11 is 0. The third-order valence-electron chi connectivity index (χ3n) is 0.863. The third-order valence-corrected chi connectivity index (χ3v) is 0.863. The molecule has 0 aromatic heterocycles. The number of hydrogen-bond acceptors (Lipinski definition) is 4. The van der Waals surface area contributed by atoms with Crippen LogP contribution in [0.5, 0.6) is 0 Å². The Morgan fingerprint density at radius 1 is 1.70 bits per heavy atom. The highest BCUT2D eigenvalue weighted by Gasteiger charge is 2.05. The summed E-state index contributed by atoms with van der Waals surface area (Å²) in [6.07, 6.45) is 0.114. The number of nitrogens with two attached hydrogens (primary N) is 2. The summed E-state index contributed by atoms with van der Waals surface area (Å²) in [4.78, 5) is 18.9. The second-order valence-electron chi connectivity index (χ2n) is 1.88. The molecule has 0 aliphatic carbocycles. The summed E-state index contributed by atoms with van der Waals surface area (Å²) in [6, 6.07) is -0.377. The van der Waals surface area contributed by atoms with Gasteiger partial charge in [0.15, 0.2) is 0 Å². The van der Waals surface area contributed by atoms with Crippen LogP contribution < -0.4 is 11.5 Å². The summed E-state index contributed by atoms with van der Waals surface area (Å²) in [7, 11) is 1.37. The van der Waals surface area contributed by atoms with Gasteiger partial charge < -0.3 is 11.5 Å². The maximum Gasteiger partial charge on any atom is 0.219 e. The lowest BCUT2D eigenvalue weighted by molar-refractivity contribution is -0.274. The van der Waals surface area contributed by atoms with E-state index in [0.29, 0.717) is 0 Å². The van der Waals surface area contributed by atoms with Crippen molar-refractivity contribution in [3.8, 4) is 0 Å². The first-order valence-electron chi connectivity index (χ1n) is 2.86. The van der Waals surface area contributed by atoms with E-state index >= 15 is 0 Å². The fraction of sp³-hybridized carbons (Fsp3) is 0.800. The molecule has 5 nitrogen and oxygen atoms in total. The van der Waals surface area contributed by atoms with Crippen molar-refractivity contribution in [2.75, 3.05) is 13.7 Å². The molecule has 5 heteroatoms. The number of rotatable bonds is 5. The molecule has 0 radical (unpaired) electrons. The molecule has 0 aromatic carbocycles. The zero-order valence-corrected chi connectivity index (χ0v) is 5.87. The van der Waals surface area contributed by atoms with Crippen molar-refractivity contribution in [2.24, 2.45) is 11.5 Å². The number of amides is 1. The fourth-order valence-corrected chi connectivity index (χ4v) is 0.473. The van der Waals surface area contributed by atoms with Gasteiger partial charge in [-0.1, -0.05) is 0 Å². The van der Waals surface area contributed by atoms with Crippen LogP contribution in [0.3, 0.4) is 0 Å². The molecule has 0 heterocycles. The molecule has 0 saturated carbocycles. The highest BCUT2D eigenvalue weighted by Crippen LogP contribution is 1.87. The zero-order chi connectivity index (χ0) is 7.98. The Morgan fingerprint density at radius 2 is 2.30 bits per heavy atom. The minimum absolute atomic E-state index is 0.114. The Labute approximate surface area is 59.2 Å². The van der Waals surface area contributed by atoms with Crippen molar-refractivity contribution in [2.45, 2.75) is 12.5 Å². The van der Waals surface area contributed by atoms with E-state index in [1.165, 1.54) is 7.11 Å². The quantitative estimate of drug-likeness (QED) is 0.377. The fourth-order valence-electron chi connectivity index (χ4n) is 0.473. The lowest BCUT2D eigenvalue weighted by Crippen LogP contribution is -2.31. The molecule has 0 aliphatic rings. The summed E-state index contributed by atoms with van der Waals surface area (Å²) in [6.45, 7) is 0.180. The van der Waals surface area contributed by atoms with Gasteiger partial charge in [0.25, 0.3) is 0 Å². The molecule has 1 atom stereocenters. The summed E-state index contributed by atoms with van der Waals surface area (Å²) in [5, 5.41) is 0. The van der Waals surface area contributed by atoms with Crippen LogP contribution in [0, 0.1) is 0 Å². The van der Waals surface area contributed by atoms with Crippen molar-refractivity contribution >= 4 is 5.91 Å². The molecule has 60 valence electrons. The lowest BCUT2D eigenvalue weighted by atomic mass is 10.2. The number of hydrogen-bond donors (Lipinski definition) is 2. The number of primary amides is 1. The number of carbonyl (C=O) groups excluding carboxylic acids is 1. The average molecular weight is 148 g/mol. The molecule has 10 heavy (non-hydrogen) atoms. The Morgan fingerprint density at radius 3 is 2.70 bits per heavy atom. The molecule has 0 fully saturated rings. The minimum atomic E-state index is -0.438. The summed E-state index contributed by atoms with van der Waals surface area (Å²) in [5.74, 6) is -0.438. The second kappa shape index (κ2) is 5.16. The summed E-state index contributed by atoms with van der Waals surface area (Å²) in [5.41, 5.74) is 10.2. The topological polar surface area (TPSA) is 87.6 Å². The van der Waals surface area contributed by atoms with Gasteiger partial charge in [0, 0.05) is 12.5 Å². The molecule has 4 N–H and O–H groups in total. The predicted molar refractivity (Wildman–Crippen MR) is 34.7 cm³/mol. The van der Waals surface area contributed by atoms with Crippen LogP contribution in [-0.2, 0) is 14.6 Å². The second-order valence-corrected chi connectivity index (χ2v) is 1.88. The van der Waals surface area contributed by atoms with Gasteiger partial charge in [-0.2, -0.15) is 0 Å². The normalized spacial score (nSPS) is 13.0. The van der Waals surface area contributed by atoms with Gasteiger partial charge in [-0.3, -0.25) is 4.79 Å². The van der Waals surface area contributed by atoms with E-state index in [-0.39, 0.29) is 19.1 Å². The lowest BCUT2D eigenvalue weighted by Gasteiger charge is -2.06. The van der Waals surface area contributed by atoms with Crippen molar-refractivity contribution in [1.82, 2.24) is 0 Å². The molecule has 0 saturated heterocycles. The van der Waals surface area contributed by atoms with Crippen LogP contribution >= 0.6 is 0 Å². The van der Waals surface area contributed by atoms with Crippen LogP contribution in [0.25, 0.3) is 0 Å². The van der Waals surface area contributed by atoms with Gasteiger partial charge in [-0.15, -0.1) is 0 Å². The van der Waals surface area contributed by atoms with E-state index in [2.05, 4.69) is 9.78 Å². The predicted octanol–water partition coefficient (Wildman–Crippen LogP) is -1.23. The zero-order valence-electron chi connectivity index (χ0n) is 5.87. The Kier molecular flexibility index (Phi) is 4.82. The maximum atomic E-state index is 10.2. The van der Waals surface area contributed by atoms with E-state index in [1.54, 1.807) is 0 Å². The van der Waals surface area contributed by atoms with Gasteiger partial charge in [-0.25, -0.2) is 9.78 Å². The van der Waals surface area contributed by atoms with E-state index in [1.807, 2.05) is 0 Å². The standard InChI is InChI=1S/C5H12N2O3/c1-9-10-3-4(6)2-5(7)8/h4H,2-3,6H2,1H3,(H2,7,8)/t4-/m0/s1. The molecular weight excluding hydrogens is 136 g/mol. The first-order valence-corrected chi connectivity index (χ1v) is 2.86. The molecule has 1 amide bonds. The molecule has 0 rings (SSSR count). The highest BCUT2D eigenvalue weighted by atomic mass is 17.2. The van der Waals surface area contributed by atoms with Crippen molar-refractivity contribution in [1.29, 1.82) is 0 Å². The van der Waals surface area contributed by atoms with Crippen molar-refractivity contribution in [3.63, 3.8) is 0 Å². The van der Waals surface area contributed by atoms with Crippen LogP contribution in [0.4, 0.5) is 0 Å². The smallest absolute Gasteiger partial charge is 0.219 e. The largest absolute Gasteiger partial charge is 0.370 e. The molecule has 0 unspecified atom stereocenters. The Balaban J connectivity index is 3.25. The van der Waals surface area contributed by atoms with E-state index in [4.69, 9.17) is 11.5 Å². The molecular formula is C5H12N2O3. The molecule has 0 aromatic rings. The van der Waals surface area contributed by atoms with Gasteiger partial charge in [0.2, 0.25) is 5.91 Å². The van der Waals surface area contributed by atoms with Gasteiger partial charge in [0.05, 0.1) is 13.7 Å². The third kappa shape index (κ3) is 5.49. The first-order chi connectivity index (χ1) is 4.66. The SMILES string of the molecule is COOC[C@@H](N)CC(N)=O. The van der Waals surface area contributed by atoms with Crippen LogP contribution in [0.2, 0.25) is 0 Å². The van der Waals surface area contributed by atoms with Crippen LogP contribution in [0.1, 0.15) is 6.42 Å². The monoisotopic (exact) mass is 148 g/mol. The van der Waals surface area contributed by atoms with Gasteiger partial charge in [0.1, 0.15) is 0 Å². The van der Waals surface area contributed by atoms with Gasteiger partial charge in [-0.05, 0) is 0 Å². The number of carbonyl (C=O) groups is 1. The maximum absolute atomic E-state index is 10.2. The molecule has 0 bridgehead atoms.